The molecule has 1 heterocycles. The average Bonchev–Trinajstić information content (AvgIpc) is 2.77. The molecule has 0 N–H and O–H groups in total. The second-order valence-corrected chi connectivity index (χ2v) is 12.5. The Hall–Kier alpha value is -2.43. The molecule has 33 heavy (non-hydrogen) atoms. The maximum absolute atomic E-state index is 12.9. The molecule has 0 aliphatic carbocycles. The number of amides is 1. The van der Waals surface area contributed by atoms with Crippen molar-refractivity contribution in [2.45, 2.75) is 31.6 Å². The normalized spacial score (nSPS) is 15.6. The van der Waals surface area contributed by atoms with Crippen LogP contribution in [-0.2, 0) is 24.8 Å². The number of hydrogen-bond donors (Lipinski definition) is 0. The molecule has 0 bridgehead atoms. The molecule has 0 unspecified atom stereocenters. The smallest absolute Gasteiger partial charge is 0.243 e. The number of piperazine rings is 1. The van der Waals surface area contributed by atoms with Crippen molar-refractivity contribution in [3.05, 3.63) is 59.7 Å². The Bertz CT molecular complexity index is 1180. The molecule has 2 aromatic rings. The van der Waals surface area contributed by atoms with Gasteiger partial charge in [0.1, 0.15) is 6.54 Å². The molecule has 10 heteroatoms. The van der Waals surface area contributed by atoms with Gasteiger partial charge in [-0.05, 0) is 42.7 Å². The zero-order valence-corrected chi connectivity index (χ0v) is 21.1. The molecule has 1 aliphatic heterocycles. The lowest BCUT2D eigenvalue weighted by molar-refractivity contribution is -0.130. The first-order chi connectivity index (χ1) is 15.4. The fourth-order valence-corrected chi connectivity index (χ4v) is 5.96. The predicted octanol–water partition coefficient (Wildman–Crippen LogP) is 2.42. The van der Waals surface area contributed by atoms with Gasteiger partial charge in [0.15, 0.2) is 0 Å². The van der Waals surface area contributed by atoms with Crippen molar-refractivity contribution in [3.8, 4) is 0 Å². The van der Waals surface area contributed by atoms with Crippen molar-refractivity contribution in [1.82, 2.24) is 9.21 Å². The average molecular weight is 494 g/mol. The first-order valence-corrected chi connectivity index (χ1v) is 14.1. The lowest BCUT2D eigenvalue weighted by atomic mass is 10.0. The van der Waals surface area contributed by atoms with E-state index in [4.69, 9.17) is 0 Å². The molecule has 0 aromatic heterocycles. The molecule has 1 saturated heterocycles. The Balaban J connectivity index is 1.68. The number of carbonyl (C=O) groups is 1. The molecule has 0 saturated carbocycles. The number of benzene rings is 2. The molecule has 1 aliphatic rings. The van der Waals surface area contributed by atoms with Gasteiger partial charge in [0.25, 0.3) is 0 Å². The summed E-state index contributed by atoms with van der Waals surface area (Å²) in [6.07, 6.45) is 1.07. The minimum Gasteiger partial charge on any atom is -0.338 e. The SMILES string of the molecule is Cc1ccc(S(=O)(=O)N2CCN(C(=O)CN(c3ccc(C(C)C)cc3)S(C)(=O)=O)CC2)cc1. The molecular weight excluding hydrogens is 462 g/mol. The summed E-state index contributed by atoms with van der Waals surface area (Å²) in [5.41, 5.74) is 2.47. The van der Waals surface area contributed by atoms with Gasteiger partial charge in [0.2, 0.25) is 26.0 Å². The van der Waals surface area contributed by atoms with Gasteiger partial charge in [0.05, 0.1) is 16.8 Å². The second kappa shape index (κ2) is 9.82. The lowest BCUT2D eigenvalue weighted by Crippen LogP contribution is -2.53. The van der Waals surface area contributed by atoms with E-state index >= 15 is 0 Å². The Morgan fingerprint density at radius 1 is 0.909 bits per heavy atom. The minimum atomic E-state index is -3.68. The van der Waals surface area contributed by atoms with Gasteiger partial charge in [-0.25, -0.2) is 16.8 Å². The van der Waals surface area contributed by atoms with Crippen LogP contribution in [0.1, 0.15) is 30.9 Å². The van der Waals surface area contributed by atoms with Crippen molar-refractivity contribution in [2.75, 3.05) is 43.3 Å². The number of rotatable bonds is 7. The fourth-order valence-electron chi connectivity index (χ4n) is 3.69. The van der Waals surface area contributed by atoms with Crippen LogP contribution in [0.15, 0.2) is 53.4 Å². The highest BCUT2D eigenvalue weighted by Crippen LogP contribution is 2.23. The van der Waals surface area contributed by atoms with Gasteiger partial charge in [-0.1, -0.05) is 43.7 Å². The van der Waals surface area contributed by atoms with E-state index in [1.54, 1.807) is 36.4 Å². The van der Waals surface area contributed by atoms with Gasteiger partial charge in [-0.15, -0.1) is 0 Å². The summed E-state index contributed by atoms with van der Waals surface area (Å²) in [5, 5.41) is 0. The first-order valence-electron chi connectivity index (χ1n) is 10.8. The third-order valence-corrected chi connectivity index (χ3v) is 8.83. The maximum atomic E-state index is 12.9. The molecule has 0 atom stereocenters. The van der Waals surface area contributed by atoms with Crippen molar-refractivity contribution in [1.29, 1.82) is 0 Å². The number of anilines is 1. The van der Waals surface area contributed by atoms with Crippen LogP contribution < -0.4 is 4.31 Å². The van der Waals surface area contributed by atoms with E-state index < -0.39 is 20.0 Å². The van der Waals surface area contributed by atoms with Crippen LogP contribution in [0, 0.1) is 6.92 Å². The van der Waals surface area contributed by atoms with Crippen molar-refractivity contribution < 1.29 is 21.6 Å². The zero-order chi connectivity index (χ0) is 24.4. The van der Waals surface area contributed by atoms with E-state index in [1.165, 1.54) is 9.21 Å². The van der Waals surface area contributed by atoms with E-state index in [2.05, 4.69) is 0 Å². The van der Waals surface area contributed by atoms with Gasteiger partial charge >= 0.3 is 0 Å². The summed E-state index contributed by atoms with van der Waals surface area (Å²) in [7, 11) is -7.32. The lowest BCUT2D eigenvalue weighted by Gasteiger charge is -2.35. The highest BCUT2D eigenvalue weighted by molar-refractivity contribution is 7.92. The molecule has 1 fully saturated rings. The van der Waals surface area contributed by atoms with E-state index in [0.717, 1.165) is 21.7 Å². The minimum absolute atomic E-state index is 0.157. The van der Waals surface area contributed by atoms with Gasteiger partial charge in [0, 0.05) is 26.2 Å². The van der Waals surface area contributed by atoms with Crippen LogP contribution in [0.4, 0.5) is 5.69 Å². The topological polar surface area (TPSA) is 95.1 Å². The van der Waals surface area contributed by atoms with Gasteiger partial charge in [-0.2, -0.15) is 4.31 Å². The quantitative estimate of drug-likeness (QED) is 0.590. The number of hydrogen-bond acceptors (Lipinski definition) is 5. The molecule has 180 valence electrons. The van der Waals surface area contributed by atoms with Crippen LogP contribution in [0.2, 0.25) is 0 Å². The van der Waals surface area contributed by atoms with Crippen LogP contribution >= 0.6 is 0 Å². The standard InChI is InChI=1S/C23H31N3O5S2/c1-18(2)20-7-9-21(10-8-20)26(32(4,28)29)17-23(27)24-13-15-25(16-14-24)33(30,31)22-11-5-19(3)6-12-22/h5-12,18H,13-17H2,1-4H3. The fraction of sp³-hybridized carbons (Fsp3) is 0.435. The van der Waals surface area contributed by atoms with Gasteiger partial charge < -0.3 is 4.90 Å². The first kappa shape index (κ1) is 25.2. The summed E-state index contributed by atoms with van der Waals surface area (Å²) in [4.78, 5) is 14.7. The molecular formula is C23H31N3O5S2. The third kappa shape index (κ3) is 5.93. The highest BCUT2D eigenvalue weighted by Gasteiger charge is 2.31. The number of sulfonamides is 2. The summed E-state index contributed by atoms with van der Waals surface area (Å²) in [5.74, 6) is -0.0550. The highest BCUT2D eigenvalue weighted by atomic mass is 32.2. The van der Waals surface area contributed by atoms with E-state index in [1.807, 2.05) is 32.9 Å². The van der Waals surface area contributed by atoms with Crippen molar-refractivity contribution in [3.63, 3.8) is 0 Å². The molecule has 1 amide bonds. The Kier molecular flexibility index (Phi) is 7.50. The molecule has 8 nitrogen and oxygen atoms in total. The summed E-state index contributed by atoms with van der Waals surface area (Å²) in [6, 6.07) is 13.8. The Labute approximate surface area is 196 Å². The number of carbonyl (C=O) groups excluding carboxylic acids is 1. The van der Waals surface area contributed by atoms with Crippen LogP contribution in [0.3, 0.4) is 0 Å². The van der Waals surface area contributed by atoms with Crippen LogP contribution in [0.25, 0.3) is 0 Å². The van der Waals surface area contributed by atoms with E-state index in [0.29, 0.717) is 11.6 Å². The van der Waals surface area contributed by atoms with E-state index in [-0.39, 0.29) is 43.5 Å². The zero-order valence-electron chi connectivity index (χ0n) is 19.4. The van der Waals surface area contributed by atoms with Gasteiger partial charge in [-0.3, -0.25) is 9.10 Å². The second-order valence-electron chi connectivity index (χ2n) is 8.61. The Morgan fingerprint density at radius 2 is 1.45 bits per heavy atom. The third-order valence-electron chi connectivity index (χ3n) is 5.78. The largest absolute Gasteiger partial charge is 0.338 e. The molecule has 3 rings (SSSR count). The molecule has 2 aromatic carbocycles. The van der Waals surface area contributed by atoms with Crippen molar-refractivity contribution in [2.24, 2.45) is 0 Å². The summed E-state index contributed by atoms with van der Waals surface area (Å²) < 4.78 is 53.0. The monoisotopic (exact) mass is 493 g/mol. The van der Waals surface area contributed by atoms with Crippen LogP contribution in [0.5, 0.6) is 0 Å². The molecule has 0 spiro atoms. The number of aryl methyl sites for hydroxylation is 1. The molecule has 0 radical (unpaired) electrons. The summed E-state index contributed by atoms with van der Waals surface area (Å²) >= 11 is 0. The maximum Gasteiger partial charge on any atom is 0.243 e. The van der Waals surface area contributed by atoms with Crippen LogP contribution in [-0.4, -0.2) is 70.9 Å². The Morgan fingerprint density at radius 3 is 1.94 bits per heavy atom. The van der Waals surface area contributed by atoms with Crippen molar-refractivity contribution >= 4 is 31.6 Å². The van der Waals surface area contributed by atoms with E-state index in [9.17, 15) is 21.6 Å². The predicted molar refractivity (Wildman–Crippen MR) is 129 cm³/mol. The summed E-state index contributed by atoms with van der Waals surface area (Å²) in [6.45, 7) is 6.37. The number of nitrogens with zero attached hydrogens (tertiary/aromatic N) is 3.